The molecule has 1 aromatic carbocycles. The number of nitrogens with two attached hydrogens (primary N) is 1. The average Bonchev–Trinajstić information content (AvgIpc) is 2.99. The van der Waals surface area contributed by atoms with E-state index in [1.165, 1.54) is 29.1 Å². The molecule has 0 bridgehead atoms. The van der Waals surface area contributed by atoms with Crippen molar-refractivity contribution in [3.05, 3.63) is 29.8 Å². The van der Waals surface area contributed by atoms with Crippen LogP contribution < -0.4 is 5.73 Å². The Balaban J connectivity index is 1.85. The minimum absolute atomic E-state index is 0.259. The van der Waals surface area contributed by atoms with Gasteiger partial charge in [-0.05, 0) is 49.8 Å². The minimum atomic E-state index is 0.259. The van der Waals surface area contributed by atoms with E-state index in [9.17, 15) is 0 Å². The van der Waals surface area contributed by atoms with Crippen LogP contribution in [-0.4, -0.2) is 11.8 Å². The summed E-state index contributed by atoms with van der Waals surface area (Å²) >= 11 is 1.99. The molecule has 2 heteroatoms. The molecule has 2 rings (SSSR count). The van der Waals surface area contributed by atoms with Gasteiger partial charge in [0.2, 0.25) is 0 Å². The maximum Gasteiger partial charge on any atom is 0.00722 e. The van der Waals surface area contributed by atoms with Gasteiger partial charge in [0.05, 0.1) is 0 Å². The van der Waals surface area contributed by atoms with Crippen LogP contribution in [0.1, 0.15) is 25.3 Å². The van der Waals surface area contributed by atoms with Crippen molar-refractivity contribution in [2.45, 2.75) is 37.1 Å². The van der Waals surface area contributed by atoms with Gasteiger partial charge in [-0.1, -0.05) is 12.1 Å². The first-order valence-electron chi connectivity index (χ1n) is 5.71. The Bertz CT molecular complexity index is 301. The van der Waals surface area contributed by atoms with Crippen LogP contribution in [-0.2, 0) is 6.42 Å². The van der Waals surface area contributed by atoms with Gasteiger partial charge in [0, 0.05) is 16.7 Å². The van der Waals surface area contributed by atoms with Crippen LogP contribution in [0.25, 0.3) is 0 Å². The third kappa shape index (κ3) is 3.88. The Labute approximate surface area is 96.4 Å². The van der Waals surface area contributed by atoms with Gasteiger partial charge in [0.1, 0.15) is 0 Å². The average molecular weight is 221 g/mol. The Morgan fingerprint density at radius 3 is 2.53 bits per heavy atom. The lowest BCUT2D eigenvalue weighted by molar-refractivity contribution is 0.737. The highest BCUT2D eigenvalue weighted by molar-refractivity contribution is 7.99. The molecule has 1 atom stereocenters. The summed E-state index contributed by atoms with van der Waals surface area (Å²) in [4.78, 5) is 1.40. The predicted octanol–water partition coefficient (Wildman–Crippen LogP) is 3.08. The first-order valence-corrected chi connectivity index (χ1v) is 6.70. The molecule has 0 radical (unpaired) electrons. The molecular weight excluding hydrogens is 202 g/mol. The summed E-state index contributed by atoms with van der Waals surface area (Å²) in [5.41, 5.74) is 7.11. The molecule has 82 valence electrons. The fraction of sp³-hybridized carbons (Fsp3) is 0.538. The second-order valence-corrected chi connectivity index (χ2v) is 5.67. The maximum atomic E-state index is 5.76. The van der Waals surface area contributed by atoms with Crippen molar-refractivity contribution in [3.63, 3.8) is 0 Å². The standard InChI is InChI=1S/C13H19NS/c1-10(14)8-11-4-6-13(7-5-11)15-9-12-2-3-12/h4-7,10,12H,2-3,8-9,14H2,1H3. The molecule has 1 nitrogen and oxygen atoms in total. The lowest BCUT2D eigenvalue weighted by Gasteiger charge is -2.06. The van der Waals surface area contributed by atoms with Crippen molar-refractivity contribution in [2.24, 2.45) is 11.7 Å². The van der Waals surface area contributed by atoms with E-state index in [4.69, 9.17) is 5.73 Å². The highest BCUT2D eigenvalue weighted by atomic mass is 32.2. The van der Waals surface area contributed by atoms with Crippen LogP contribution in [0.3, 0.4) is 0 Å². The first kappa shape index (κ1) is 11.0. The fourth-order valence-electron chi connectivity index (χ4n) is 1.59. The van der Waals surface area contributed by atoms with Crippen LogP contribution in [0.4, 0.5) is 0 Å². The van der Waals surface area contributed by atoms with Crippen molar-refractivity contribution < 1.29 is 0 Å². The topological polar surface area (TPSA) is 26.0 Å². The number of benzene rings is 1. The lowest BCUT2D eigenvalue weighted by atomic mass is 10.1. The number of hydrogen-bond donors (Lipinski definition) is 1. The minimum Gasteiger partial charge on any atom is -0.328 e. The van der Waals surface area contributed by atoms with E-state index in [0.717, 1.165) is 12.3 Å². The van der Waals surface area contributed by atoms with Gasteiger partial charge >= 0.3 is 0 Å². The van der Waals surface area contributed by atoms with E-state index in [-0.39, 0.29) is 6.04 Å². The Hall–Kier alpha value is -0.470. The normalized spacial score (nSPS) is 17.7. The van der Waals surface area contributed by atoms with Crippen molar-refractivity contribution >= 4 is 11.8 Å². The zero-order valence-corrected chi connectivity index (χ0v) is 10.1. The van der Waals surface area contributed by atoms with E-state index in [1.807, 2.05) is 11.8 Å². The second-order valence-electron chi connectivity index (χ2n) is 4.58. The molecular formula is C13H19NS. The van der Waals surface area contributed by atoms with Gasteiger partial charge in [-0.15, -0.1) is 11.8 Å². The SMILES string of the molecule is CC(N)Cc1ccc(SCC2CC2)cc1. The molecule has 0 spiro atoms. The van der Waals surface area contributed by atoms with Crippen molar-refractivity contribution in [2.75, 3.05) is 5.75 Å². The Kier molecular flexibility index (Phi) is 3.71. The third-order valence-electron chi connectivity index (χ3n) is 2.66. The van der Waals surface area contributed by atoms with Gasteiger partial charge in [0.25, 0.3) is 0 Å². The van der Waals surface area contributed by atoms with Crippen molar-refractivity contribution in [1.29, 1.82) is 0 Å². The van der Waals surface area contributed by atoms with E-state index < -0.39 is 0 Å². The summed E-state index contributed by atoms with van der Waals surface area (Å²) in [5.74, 6) is 2.30. The van der Waals surface area contributed by atoms with Crippen LogP contribution >= 0.6 is 11.8 Å². The van der Waals surface area contributed by atoms with E-state index in [2.05, 4.69) is 31.2 Å². The van der Waals surface area contributed by atoms with Crippen LogP contribution in [0.5, 0.6) is 0 Å². The molecule has 0 saturated heterocycles. The van der Waals surface area contributed by atoms with Crippen LogP contribution in [0, 0.1) is 5.92 Å². The molecule has 0 amide bonds. The van der Waals surface area contributed by atoms with Gasteiger partial charge in [-0.2, -0.15) is 0 Å². The fourth-order valence-corrected chi connectivity index (χ4v) is 2.68. The zero-order chi connectivity index (χ0) is 10.7. The maximum absolute atomic E-state index is 5.76. The molecule has 1 fully saturated rings. The van der Waals surface area contributed by atoms with Crippen LogP contribution in [0.15, 0.2) is 29.2 Å². The molecule has 1 unspecified atom stereocenters. The third-order valence-corrected chi connectivity index (χ3v) is 3.91. The highest BCUT2D eigenvalue weighted by Gasteiger charge is 2.20. The van der Waals surface area contributed by atoms with E-state index >= 15 is 0 Å². The van der Waals surface area contributed by atoms with Gasteiger partial charge in [-0.3, -0.25) is 0 Å². The van der Waals surface area contributed by atoms with E-state index in [1.54, 1.807) is 0 Å². The quantitative estimate of drug-likeness (QED) is 0.773. The summed E-state index contributed by atoms with van der Waals surface area (Å²) in [5, 5.41) is 0. The molecule has 1 saturated carbocycles. The monoisotopic (exact) mass is 221 g/mol. The van der Waals surface area contributed by atoms with E-state index in [0.29, 0.717) is 0 Å². The van der Waals surface area contributed by atoms with Crippen molar-refractivity contribution in [3.8, 4) is 0 Å². The smallest absolute Gasteiger partial charge is 0.00722 e. The lowest BCUT2D eigenvalue weighted by Crippen LogP contribution is -2.17. The molecule has 0 aromatic heterocycles. The van der Waals surface area contributed by atoms with Crippen molar-refractivity contribution in [1.82, 2.24) is 0 Å². The summed E-state index contributed by atoms with van der Waals surface area (Å²) in [7, 11) is 0. The molecule has 0 heterocycles. The summed E-state index contributed by atoms with van der Waals surface area (Å²) in [6.07, 6.45) is 3.86. The number of hydrogen-bond acceptors (Lipinski definition) is 2. The Morgan fingerprint density at radius 2 is 2.00 bits per heavy atom. The van der Waals surface area contributed by atoms with Gasteiger partial charge < -0.3 is 5.73 Å². The number of thioether (sulfide) groups is 1. The van der Waals surface area contributed by atoms with Gasteiger partial charge in [-0.25, -0.2) is 0 Å². The highest BCUT2D eigenvalue weighted by Crippen LogP contribution is 2.34. The summed E-state index contributed by atoms with van der Waals surface area (Å²) < 4.78 is 0. The molecule has 15 heavy (non-hydrogen) atoms. The molecule has 1 aliphatic carbocycles. The largest absolute Gasteiger partial charge is 0.328 e. The first-order chi connectivity index (χ1) is 7.24. The molecule has 1 aliphatic rings. The predicted molar refractivity (Wildman–Crippen MR) is 67.2 cm³/mol. The van der Waals surface area contributed by atoms with Crippen LogP contribution in [0.2, 0.25) is 0 Å². The second kappa shape index (κ2) is 5.04. The summed E-state index contributed by atoms with van der Waals surface area (Å²) in [6, 6.07) is 9.13. The van der Waals surface area contributed by atoms with Gasteiger partial charge in [0.15, 0.2) is 0 Å². The molecule has 1 aromatic rings. The Morgan fingerprint density at radius 1 is 1.33 bits per heavy atom. The molecule has 2 N–H and O–H groups in total. The summed E-state index contributed by atoms with van der Waals surface area (Å²) in [6.45, 7) is 2.05. The molecule has 0 aliphatic heterocycles. The zero-order valence-electron chi connectivity index (χ0n) is 9.28. The number of rotatable bonds is 5.